The molecule has 2 aromatic rings. The minimum Gasteiger partial charge on any atom is -0.347 e. The Bertz CT molecular complexity index is 768. The van der Waals surface area contributed by atoms with Crippen molar-refractivity contribution in [3.8, 4) is 0 Å². The number of halogens is 2. The van der Waals surface area contributed by atoms with Gasteiger partial charge in [0.15, 0.2) is 0 Å². The van der Waals surface area contributed by atoms with Crippen molar-refractivity contribution in [1.29, 1.82) is 0 Å². The van der Waals surface area contributed by atoms with E-state index in [0.717, 1.165) is 17.7 Å². The first-order valence-electron chi connectivity index (χ1n) is 8.19. The van der Waals surface area contributed by atoms with E-state index in [4.69, 9.17) is 17.3 Å². The molecule has 0 saturated heterocycles. The van der Waals surface area contributed by atoms with Gasteiger partial charge in [-0.1, -0.05) is 17.7 Å². The van der Waals surface area contributed by atoms with Gasteiger partial charge in [-0.05, 0) is 48.9 Å². The van der Waals surface area contributed by atoms with Crippen LogP contribution < -0.4 is 16.4 Å². The minimum absolute atomic E-state index is 0. The molecule has 2 amide bonds. The highest BCUT2D eigenvalue weighted by molar-refractivity contribution is 7.09. The molecule has 0 radical (unpaired) electrons. The molecule has 2 atom stereocenters. The Balaban J connectivity index is 0.00000243. The number of benzene rings is 1. The highest BCUT2D eigenvalue weighted by atomic mass is 35.5. The first-order chi connectivity index (χ1) is 12.0. The molecular weight excluding hydrogens is 393 g/mol. The maximum Gasteiger partial charge on any atom is 0.253 e. The standard InChI is InChI=1S/C18H20ClN3O2S.ClH/c19-16-6-5-13(22-17(23)11-3-4-12(20)8-11)9-15(16)18(24)21-10-14-2-1-7-25-14;/h1-2,5-7,9,11-12H,3-4,8,10,20H2,(H,21,24)(H,22,23);1H. The Labute approximate surface area is 167 Å². The van der Waals surface area contributed by atoms with E-state index < -0.39 is 0 Å². The third-order valence-electron chi connectivity index (χ3n) is 4.33. The molecule has 0 bridgehead atoms. The zero-order valence-corrected chi connectivity index (χ0v) is 16.4. The molecule has 3 rings (SSSR count). The van der Waals surface area contributed by atoms with Gasteiger partial charge in [0, 0.05) is 22.5 Å². The zero-order chi connectivity index (χ0) is 17.8. The van der Waals surface area contributed by atoms with Crippen molar-refractivity contribution in [2.75, 3.05) is 5.32 Å². The van der Waals surface area contributed by atoms with E-state index in [9.17, 15) is 9.59 Å². The lowest BCUT2D eigenvalue weighted by atomic mass is 10.1. The van der Waals surface area contributed by atoms with E-state index in [1.165, 1.54) is 0 Å². The molecule has 4 N–H and O–H groups in total. The lowest BCUT2D eigenvalue weighted by molar-refractivity contribution is -0.119. The number of rotatable bonds is 5. The van der Waals surface area contributed by atoms with Crippen LogP contribution in [-0.4, -0.2) is 17.9 Å². The second-order valence-corrected chi connectivity index (χ2v) is 7.66. The van der Waals surface area contributed by atoms with Gasteiger partial charge in [-0.25, -0.2) is 0 Å². The van der Waals surface area contributed by atoms with Gasteiger partial charge in [-0.15, -0.1) is 23.7 Å². The molecule has 0 spiro atoms. The van der Waals surface area contributed by atoms with E-state index in [-0.39, 0.29) is 36.2 Å². The summed E-state index contributed by atoms with van der Waals surface area (Å²) in [5, 5.41) is 8.02. The Kier molecular flexibility index (Phi) is 7.46. The number of carbonyl (C=O) groups excluding carboxylic acids is 2. The SMILES string of the molecule is Cl.NC1CCC(C(=O)Nc2ccc(Cl)c(C(=O)NCc3cccs3)c2)C1. The van der Waals surface area contributed by atoms with Gasteiger partial charge in [0.25, 0.3) is 5.91 Å². The molecule has 2 unspecified atom stereocenters. The van der Waals surface area contributed by atoms with Crippen LogP contribution in [0.25, 0.3) is 0 Å². The summed E-state index contributed by atoms with van der Waals surface area (Å²) < 4.78 is 0. The summed E-state index contributed by atoms with van der Waals surface area (Å²) in [6.45, 7) is 0.448. The summed E-state index contributed by atoms with van der Waals surface area (Å²) in [5.41, 5.74) is 6.78. The van der Waals surface area contributed by atoms with Crippen molar-refractivity contribution in [1.82, 2.24) is 5.32 Å². The van der Waals surface area contributed by atoms with Gasteiger partial charge in [-0.2, -0.15) is 0 Å². The average molecular weight is 414 g/mol. The molecule has 0 aliphatic heterocycles. The van der Waals surface area contributed by atoms with Crippen molar-refractivity contribution < 1.29 is 9.59 Å². The highest BCUT2D eigenvalue weighted by Crippen LogP contribution is 2.26. The number of hydrogen-bond donors (Lipinski definition) is 3. The molecule has 5 nitrogen and oxygen atoms in total. The Morgan fingerprint density at radius 3 is 2.73 bits per heavy atom. The van der Waals surface area contributed by atoms with Crippen molar-refractivity contribution in [2.24, 2.45) is 11.7 Å². The van der Waals surface area contributed by atoms with Gasteiger partial charge in [0.05, 0.1) is 17.1 Å². The summed E-state index contributed by atoms with van der Waals surface area (Å²) in [6.07, 6.45) is 2.37. The van der Waals surface area contributed by atoms with Crippen molar-refractivity contribution >= 4 is 52.8 Å². The first-order valence-corrected chi connectivity index (χ1v) is 9.45. The number of carbonyl (C=O) groups is 2. The molecule has 1 aromatic carbocycles. The molecule has 1 aliphatic carbocycles. The van der Waals surface area contributed by atoms with Crippen LogP contribution in [-0.2, 0) is 11.3 Å². The maximum absolute atomic E-state index is 12.4. The van der Waals surface area contributed by atoms with Gasteiger partial charge < -0.3 is 16.4 Å². The number of amides is 2. The quantitative estimate of drug-likeness (QED) is 0.696. The molecular formula is C18H21Cl2N3O2S. The highest BCUT2D eigenvalue weighted by Gasteiger charge is 2.27. The fraction of sp³-hybridized carbons (Fsp3) is 0.333. The predicted molar refractivity (Wildman–Crippen MR) is 108 cm³/mol. The fourth-order valence-electron chi connectivity index (χ4n) is 2.95. The Morgan fingerprint density at radius 1 is 1.27 bits per heavy atom. The smallest absolute Gasteiger partial charge is 0.253 e. The summed E-state index contributed by atoms with van der Waals surface area (Å²) in [6, 6.07) is 8.92. The van der Waals surface area contributed by atoms with Crippen molar-refractivity contribution in [3.63, 3.8) is 0 Å². The number of hydrogen-bond acceptors (Lipinski definition) is 4. The maximum atomic E-state index is 12.4. The second kappa shape index (κ2) is 9.37. The van der Waals surface area contributed by atoms with E-state index in [1.54, 1.807) is 29.5 Å². The van der Waals surface area contributed by atoms with Gasteiger partial charge in [0.2, 0.25) is 5.91 Å². The third kappa shape index (κ3) is 5.20. The molecule has 1 aromatic heterocycles. The molecule has 140 valence electrons. The fourth-order valence-corrected chi connectivity index (χ4v) is 3.80. The van der Waals surface area contributed by atoms with Gasteiger partial charge >= 0.3 is 0 Å². The number of anilines is 1. The average Bonchev–Trinajstić information content (AvgIpc) is 3.26. The molecule has 1 heterocycles. The van der Waals surface area contributed by atoms with Crippen LogP contribution >= 0.6 is 35.3 Å². The molecule has 1 aliphatic rings. The van der Waals surface area contributed by atoms with Crippen LogP contribution in [0.5, 0.6) is 0 Å². The van der Waals surface area contributed by atoms with E-state index in [0.29, 0.717) is 29.2 Å². The van der Waals surface area contributed by atoms with Crippen LogP contribution in [0.2, 0.25) is 5.02 Å². The summed E-state index contributed by atoms with van der Waals surface area (Å²) in [4.78, 5) is 25.7. The topological polar surface area (TPSA) is 84.2 Å². The minimum atomic E-state index is -0.266. The van der Waals surface area contributed by atoms with Crippen molar-refractivity contribution in [3.05, 3.63) is 51.2 Å². The molecule has 26 heavy (non-hydrogen) atoms. The van der Waals surface area contributed by atoms with Crippen LogP contribution in [0.15, 0.2) is 35.7 Å². The van der Waals surface area contributed by atoms with Gasteiger partial charge in [-0.3, -0.25) is 9.59 Å². The summed E-state index contributed by atoms with van der Waals surface area (Å²) >= 11 is 7.72. The zero-order valence-electron chi connectivity index (χ0n) is 14.0. The molecule has 8 heteroatoms. The van der Waals surface area contributed by atoms with Crippen molar-refractivity contribution in [2.45, 2.75) is 31.8 Å². The molecule has 1 fully saturated rings. The first kappa shape index (κ1) is 20.7. The monoisotopic (exact) mass is 413 g/mol. The van der Waals surface area contributed by atoms with Crippen LogP contribution in [0, 0.1) is 5.92 Å². The number of nitrogens with one attached hydrogen (secondary N) is 2. The normalized spacial score (nSPS) is 18.8. The van der Waals surface area contributed by atoms with E-state index in [1.807, 2.05) is 17.5 Å². The van der Waals surface area contributed by atoms with Crippen LogP contribution in [0.4, 0.5) is 5.69 Å². The largest absolute Gasteiger partial charge is 0.347 e. The van der Waals surface area contributed by atoms with E-state index in [2.05, 4.69) is 10.6 Å². The van der Waals surface area contributed by atoms with Gasteiger partial charge in [0.1, 0.15) is 0 Å². The lowest BCUT2D eigenvalue weighted by Gasteiger charge is -2.12. The summed E-state index contributed by atoms with van der Waals surface area (Å²) in [5.74, 6) is -0.389. The summed E-state index contributed by atoms with van der Waals surface area (Å²) in [7, 11) is 0. The Morgan fingerprint density at radius 2 is 2.08 bits per heavy atom. The van der Waals surface area contributed by atoms with Crippen LogP contribution in [0.1, 0.15) is 34.5 Å². The third-order valence-corrected chi connectivity index (χ3v) is 5.53. The number of nitrogens with two attached hydrogens (primary N) is 1. The predicted octanol–water partition coefficient (Wildman–Crippen LogP) is 3.82. The molecule has 1 saturated carbocycles. The van der Waals surface area contributed by atoms with E-state index >= 15 is 0 Å². The Hall–Kier alpha value is -1.60. The second-order valence-electron chi connectivity index (χ2n) is 6.22. The van der Waals surface area contributed by atoms with Crippen LogP contribution in [0.3, 0.4) is 0 Å². The number of thiophene rings is 1. The lowest BCUT2D eigenvalue weighted by Crippen LogP contribution is -2.24.